The Bertz CT molecular complexity index is 793. The lowest BCUT2D eigenvalue weighted by atomic mass is 9.63. The van der Waals surface area contributed by atoms with Gasteiger partial charge >= 0.3 is 23.9 Å². The van der Waals surface area contributed by atoms with Crippen molar-refractivity contribution in [2.75, 3.05) is 0 Å². The number of hydrogen-bond donors (Lipinski definition) is 4. The van der Waals surface area contributed by atoms with Crippen molar-refractivity contribution in [2.45, 2.75) is 5.41 Å². The first-order chi connectivity index (χ1) is 11.2. The van der Waals surface area contributed by atoms with E-state index in [4.69, 9.17) is 5.11 Å². The Kier molecular flexibility index (Phi) is 6.97. The van der Waals surface area contributed by atoms with Crippen molar-refractivity contribution in [2.24, 2.45) is 5.92 Å². The second-order valence-electron chi connectivity index (χ2n) is 5.08. The highest BCUT2D eigenvalue weighted by Crippen LogP contribution is 2.43. The molecule has 0 radical (unpaired) electrons. The summed E-state index contributed by atoms with van der Waals surface area (Å²) >= 11 is 0. The largest absolute Gasteiger partial charge is 0.481 e. The molecule has 0 saturated carbocycles. The predicted molar refractivity (Wildman–Crippen MR) is 85.5 cm³/mol. The van der Waals surface area contributed by atoms with E-state index < -0.39 is 46.4 Å². The van der Waals surface area contributed by atoms with Gasteiger partial charge in [-0.1, -0.05) is 36.4 Å². The van der Waals surface area contributed by atoms with Crippen LogP contribution in [-0.2, 0) is 24.6 Å². The lowest BCUT2D eigenvalue weighted by Crippen LogP contribution is -2.49. The monoisotopic (exact) mass is 368 g/mol. The first kappa shape index (κ1) is 22.5. The van der Waals surface area contributed by atoms with Crippen molar-refractivity contribution in [1.29, 1.82) is 0 Å². The molecule has 140 valence electrons. The summed E-state index contributed by atoms with van der Waals surface area (Å²) in [4.78, 5) is 46.5. The van der Waals surface area contributed by atoms with Gasteiger partial charge in [-0.25, -0.2) is 9.59 Å². The van der Waals surface area contributed by atoms with E-state index in [-0.39, 0.29) is 16.5 Å². The van der Waals surface area contributed by atoms with Crippen LogP contribution in [-0.4, -0.2) is 55.3 Å². The number of benzene rings is 1. The molecule has 2 rings (SSSR count). The van der Waals surface area contributed by atoms with E-state index >= 15 is 0 Å². The third-order valence-electron chi connectivity index (χ3n) is 3.86. The van der Waals surface area contributed by atoms with E-state index in [1.54, 1.807) is 6.07 Å². The maximum Gasteiger partial charge on any atom is 0.336 e. The fourth-order valence-corrected chi connectivity index (χ4v) is 2.82. The van der Waals surface area contributed by atoms with E-state index in [0.29, 0.717) is 0 Å². The number of carbonyl (C=O) groups is 4. The number of rotatable bonds is 5. The topological polar surface area (TPSA) is 212 Å². The molecule has 10 heteroatoms. The average Bonchev–Trinajstić information content (AvgIpc) is 2.53. The molecule has 1 aromatic carbocycles. The van der Waals surface area contributed by atoms with E-state index in [1.165, 1.54) is 24.3 Å². The molecule has 0 fully saturated rings. The first-order valence-corrected chi connectivity index (χ1v) is 6.65. The van der Waals surface area contributed by atoms with Crippen LogP contribution in [0.2, 0.25) is 0 Å². The molecule has 0 heterocycles. The summed E-state index contributed by atoms with van der Waals surface area (Å²) in [6.07, 6.45) is 1.74. The third kappa shape index (κ3) is 3.31. The molecule has 2 atom stereocenters. The normalized spacial score (nSPS) is 21.2. The first-order valence-electron chi connectivity index (χ1n) is 6.65. The zero-order valence-corrected chi connectivity index (χ0v) is 13.0. The molecule has 2 unspecified atom stereocenters. The molecule has 0 bridgehead atoms. The Balaban J connectivity index is 0.00000312. The van der Waals surface area contributed by atoms with Crippen molar-refractivity contribution in [1.82, 2.24) is 0 Å². The maximum atomic E-state index is 12.0. The molecule has 0 aromatic heterocycles. The Hall–Kier alpha value is -3.50. The van der Waals surface area contributed by atoms with Gasteiger partial charge in [-0.3, -0.25) is 9.59 Å². The zero-order chi connectivity index (χ0) is 18.1. The summed E-state index contributed by atoms with van der Waals surface area (Å²) < 4.78 is 0. The van der Waals surface area contributed by atoms with Gasteiger partial charge in [-0.05, 0) is 11.6 Å². The fourth-order valence-electron chi connectivity index (χ4n) is 2.82. The van der Waals surface area contributed by atoms with Crippen molar-refractivity contribution in [3.8, 4) is 0 Å². The molecule has 1 aliphatic rings. The fraction of sp³-hybridized carbons (Fsp3) is 0.125. The molecule has 26 heavy (non-hydrogen) atoms. The molecule has 10 nitrogen and oxygen atoms in total. The molecule has 8 N–H and O–H groups in total. The minimum absolute atomic E-state index is 0. The minimum atomic E-state index is -2.24. The molecule has 0 saturated heterocycles. The molecule has 1 aromatic rings. The van der Waals surface area contributed by atoms with Crippen LogP contribution in [0.1, 0.15) is 5.56 Å². The van der Waals surface area contributed by atoms with Gasteiger partial charge in [0.15, 0.2) is 0 Å². The minimum Gasteiger partial charge on any atom is -0.481 e. The van der Waals surface area contributed by atoms with E-state index in [1.807, 2.05) is 0 Å². The average molecular weight is 368 g/mol. The zero-order valence-electron chi connectivity index (χ0n) is 13.0. The molecule has 0 amide bonds. The molecular formula is C16H16O10. The van der Waals surface area contributed by atoms with Gasteiger partial charge in [0, 0.05) is 0 Å². The Morgan fingerprint density at radius 1 is 0.846 bits per heavy atom. The van der Waals surface area contributed by atoms with Crippen LogP contribution < -0.4 is 0 Å². The highest BCUT2D eigenvalue weighted by Gasteiger charge is 2.55. The SMILES string of the molecule is O.O.O=C(O)C1=C(C(=O)O)C(C(=O)O)C(C(=O)O)(c2ccccc2)C=C1. The lowest BCUT2D eigenvalue weighted by molar-refractivity contribution is -0.154. The smallest absolute Gasteiger partial charge is 0.336 e. The predicted octanol–water partition coefficient (Wildman–Crippen LogP) is -0.904. The maximum absolute atomic E-state index is 12.0. The van der Waals surface area contributed by atoms with Crippen molar-refractivity contribution in [3.63, 3.8) is 0 Å². The van der Waals surface area contributed by atoms with Gasteiger partial charge in [0.1, 0.15) is 11.3 Å². The van der Waals surface area contributed by atoms with E-state index in [9.17, 15) is 34.5 Å². The van der Waals surface area contributed by atoms with E-state index in [2.05, 4.69) is 0 Å². The van der Waals surface area contributed by atoms with Gasteiger partial charge in [0.05, 0.1) is 11.1 Å². The summed E-state index contributed by atoms with van der Waals surface area (Å²) in [6, 6.07) is 7.23. The Morgan fingerprint density at radius 3 is 1.77 bits per heavy atom. The van der Waals surface area contributed by atoms with Crippen LogP contribution in [0.15, 0.2) is 53.6 Å². The summed E-state index contributed by atoms with van der Waals surface area (Å²) in [5.74, 6) is -8.90. The van der Waals surface area contributed by atoms with Gasteiger partial charge in [0.25, 0.3) is 0 Å². The lowest BCUT2D eigenvalue weighted by Gasteiger charge is -2.35. The molecular weight excluding hydrogens is 352 g/mol. The van der Waals surface area contributed by atoms with Crippen molar-refractivity contribution in [3.05, 3.63) is 59.2 Å². The Morgan fingerprint density at radius 2 is 1.38 bits per heavy atom. The number of carboxylic acid groups (broad SMARTS) is 4. The van der Waals surface area contributed by atoms with Crippen LogP contribution in [0.25, 0.3) is 0 Å². The number of aliphatic carboxylic acids is 4. The van der Waals surface area contributed by atoms with E-state index in [0.717, 1.165) is 12.2 Å². The number of hydrogen-bond acceptors (Lipinski definition) is 4. The Labute approximate surface area is 145 Å². The van der Waals surface area contributed by atoms with Gasteiger partial charge in [-0.15, -0.1) is 0 Å². The summed E-state index contributed by atoms with van der Waals surface area (Å²) in [5.41, 5.74) is -3.95. The summed E-state index contributed by atoms with van der Waals surface area (Å²) in [5, 5.41) is 37.7. The summed E-state index contributed by atoms with van der Waals surface area (Å²) in [7, 11) is 0. The van der Waals surface area contributed by atoms with Crippen molar-refractivity contribution >= 4 is 23.9 Å². The van der Waals surface area contributed by atoms with Crippen LogP contribution in [0.3, 0.4) is 0 Å². The van der Waals surface area contributed by atoms with Crippen LogP contribution in [0.4, 0.5) is 0 Å². The van der Waals surface area contributed by atoms with Gasteiger partial charge in [0.2, 0.25) is 0 Å². The molecule has 1 aliphatic carbocycles. The van der Waals surface area contributed by atoms with Gasteiger partial charge < -0.3 is 31.4 Å². The standard InChI is InChI=1S/C16H12O8.2H2O/c17-12(18)9-6-7-16(15(23)24,8-4-2-1-3-5-8)11(14(21)22)10(9)13(19)20;;/h1-7,11H,(H,17,18)(H,19,20)(H,21,22)(H,23,24);2*1H2. The van der Waals surface area contributed by atoms with Crippen molar-refractivity contribution < 1.29 is 50.6 Å². The second-order valence-corrected chi connectivity index (χ2v) is 5.08. The van der Waals surface area contributed by atoms with Crippen LogP contribution in [0.5, 0.6) is 0 Å². The van der Waals surface area contributed by atoms with Gasteiger partial charge in [-0.2, -0.15) is 0 Å². The highest BCUT2D eigenvalue weighted by molar-refractivity contribution is 6.08. The van der Waals surface area contributed by atoms with Crippen LogP contribution in [0, 0.1) is 5.92 Å². The highest BCUT2D eigenvalue weighted by atomic mass is 16.4. The number of carboxylic acids is 4. The summed E-state index contributed by atoms with van der Waals surface area (Å²) in [6.45, 7) is 0. The second kappa shape index (κ2) is 8.05. The molecule has 0 aliphatic heterocycles. The third-order valence-corrected chi connectivity index (χ3v) is 3.86. The molecule has 0 spiro atoms. The van der Waals surface area contributed by atoms with Crippen LogP contribution >= 0.6 is 0 Å². The quantitative estimate of drug-likeness (QED) is 0.509.